The second-order valence-corrected chi connectivity index (χ2v) is 7.50. The highest BCUT2D eigenvalue weighted by molar-refractivity contribution is 7.99. The highest BCUT2D eigenvalue weighted by Gasteiger charge is 2.16. The van der Waals surface area contributed by atoms with Crippen LogP contribution in [-0.2, 0) is 0 Å². The first-order valence-electron chi connectivity index (χ1n) is 9.85. The molecule has 0 fully saturated rings. The van der Waals surface area contributed by atoms with Crippen molar-refractivity contribution in [1.29, 1.82) is 0 Å². The zero-order valence-electron chi connectivity index (χ0n) is 16.9. The zero-order valence-corrected chi connectivity index (χ0v) is 17.8. The molecule has 0 unspecified atom stereocenters. The molecule has 2 aromatic carbocycles. The Morgan fingerprint density at radius 3 is 2.55 bits per heavy atom. The molecule has 8 heteroatoms. The van der Waals surface area contributed by atoms with E-state index in [1.807, 2.05) is 47.9 Å². The van der Waals surface area contributed by atoms with Gasteiger partial charge in [0.15, 0.2) is 22.5 Å². The molecule has 0 aliphatic heterocycles. The Morgan fingerprint density at radius 1 is 0.968 bits per heavy atom. The van der Waals surface area contributed by atoms with Crippen LogP contribution in [0.25, 0.3) is 17.1 Å². The average Bonchev–Trinajstić information content (AvgIpc) is 3.23. The number of halogens is 1. The van der Waals surface area contributed by atoms with E-state index in [9.17, 15) is 4.39 Å². The minimum atomic E-state index is -0.371. The van der Waals surface area contributed by atoms with Gasteiger partial charge in [0.05, 0.1) is 13.2 Å². The van der Waals surface area contributed by atoms with Crippen LogP contribution < -0.4 is 9.47 Å². The molecule has 4 aromatic rings. The zero-order chi connectivity index (χ0) is 21.5. The Hall–Kier alpha value is -3.39. The van der Waals surface area contributed by atoms with Gasteiger partial charge in [-0.1, -0.05) is 23.9 Å². The van der Waals surface area contributed by atoms with E-state index in [2.05, 4.69) is 15.2 Å². The third-order valence-corrected chi connectivity index (χ3v) is 5.26. The Morgan fingerprint density at radius 2 is 1.81 bits per heavy atom. The standard InChI is InChI=1S/C23H21FN4O2S/c1-2-29-19-11-9-18(10-12-19)28-22(17-6-5-13-25-16-17)26-27-23(28)31-15-14-30-21-8-4-3-7-20(21)24/h3-13,16H,2,14-15H2,1H3. The van der Waals surface area contributed by atoms with Gasteiger partial charge in [-0.15, -0.1) is 10.2 Å². The Balaban J connectivity index is 1.55. The number of ether oxygens (including phenoxy) is 2. The van der Waals surface area contributed by atoms with Gasteiger partial charge < -0.3 is 9.47 Å². The van der Waals surface area contributed by atoms with Crippen molar-refractivity contribution in [3.63, 3.8) is 0 Å². The third kappa shape index (κ3) is 5.03. The van der Waals surface area contributed by atoms with Crippen LogP contribution in [-0.4, -0.2) is 38.7 Å². The summed E-state index contributed by atoms with van der Waals surface area (Å²) in [6.45, 7) is 2.90. The number of benzene rings is 2. The number of hydrogen-bond acceptors (Lipinski definition) is 6. The molecule has 0 saturated heterocycles. The molecule has 0 aliphatic rings. The molecular formula is C23H21FN4O2S. The number of para-hydroxylation sites is 1. The number of hydrogen-bond donors (Lipinski definition) is 0. The summed E-state index contributed by atoms with van der Waals surface area (Å²) >= 11 is 1.49. The van der Waals surface area contributed by atoms with Crippen LogP contribution in [0, 0.1) is 5.82 Å². The van der Waals surface area contributed by atoms with Gasteiger partial charge in [-0.05, 0) is 55.5 Å². The summed E-state index contributed by atoms with van der Waals surface area (Å²) in [5.41, 5.74) is 1.77. The normalized spacial score (nSPS) is 10.8. The molecule has 31 heavy (non-hydrogen) atoms. The molecule has 0 aliphatic carbocycles. The first-order valence-corrected chi connectivity index (χ1v) is 10.8. The number of nitrogens with zero attached hydrogens (tertiary/aromatic N) is 4. The van der Waals surface area contributed by atoms with E-state index in [0.29, 0.717) is 29.9 Å². The summed E-state index contributed by atoms with van der Waals surface area (Å²) in [5.74, 6) is 1.94. The van der Waals surface area contributed by atoms with E-state index in [0.717, 1.165) is 17.0 Å². The van der Waals surface area contributed by atoms with Gasteiger partial charge in [-0.2, -0.15) is 0 Å². The van der Waals surface area contributed by atoms with Gasteiger partial charge in [-0.3, -0.25) is 9.55 Å². The summed E-state index contributed by atoms with van der Waals surface area (Å²) in [6.07, 6.45) is 3.47. The van der Waals surface area contributed by atoms with Gasteiger partial charge in [-0.25, -0.2) is 4.39 Å². The number of rotatable bonds is 9. The van der Waals surface area contributed by atoms with E-state index in [1.54, 1.807) is 30.6 Å². The number of aromatic nitrogens is 4. The maximum absolute atomic E-state index is 13.7. The van der Waals surface area contributed by atoms with Crippen molar-refractivity contribution in [2.75, 3.05) is 19.0 Å². The van der Waals surface area contributed by atoms with Crippen molar-refractivity contribution in [2.24, 2.45) is 0 Å². The van der Waals surface area contributed by atoms with Gasteiger partial charge >= 0.3 is 0 Å². The fraction of sp³-hybridized carbons (Fsp3) is 0.174. The monoisotopic (exact) mass is 436 g/mol. The van der Waals surface area contributed by atoms with Crippen LogP contribution in [0.3, 0.4) is 0 Å². The van der Waals surface area contributed by atoms with Crippen LogP contribution in [0.4, 0.5) is 4.39 Å². The van der Waals surface area contributed by atoms with Gasteiger partial charge in [0.2, 0.25) is 0 Å². The van der Waals surface area contributed by atoms with Crippen molar-refractivity contribution in [2.45, 2.75) is 12.1 Å². The molecule has 0 spiro atoms. The second-order valence-electron chi connectivity index (χ2n) is 6.44. The Bertz CT molecular complexity index is 1120. The molecule has 2 heterocycles. The number of thioether (sulfide) groups is 1. The number of pyridine rings is 1. The summed E-state index contributed by atoms with van der Waals surface area (Å²) in [4.78, 5) is 4.20. The quantitative estimate of drug-likeness (QED) is 0.271. The molecule has 6 nitrogen and oxygen atoms in total. The van der Waals surface area contributed by atoms with Crippen molar-refractivity contribution < 1.29 is 13.9 Å². The molecule has 0 saturated carbocycles. The van der Waals surface area contributed by atoms with Gasteiger partial charge in [0.1, 0.15) is 5.75 Å². The molecule has 0 radical (unpaired) electrons. The van der Waals surface area contributed by atoms with Gasteiger partial charge in [0.25, 0.3) is 0 Å². The fourth-order valence-corrected chi connectivity index (χ4v) is 3.75. The van der Waals surface area contributed by atoms with Crippen LogP contribution in [0.2, 0.25) is 0 Å². The molecule has 0 N–H and O–H groups in total. The largest absolute Gasteiger partial charge is 0.494 e. The van der Waals surface area contributed by atoms with Crippen molar-refractivity contribution in [3.8, 4) is 28.6 Å². The van der Waals surface area contributed by atoms with E-state index in [4.69, 9.17) is 9.47 Å². The molecule has 158 valence electrons. The minimum absolute atomic E-state index is 0.243. The van der Waals surface area contributed by atoms with Crippen molar-refractivity contribution in [3.05, 3.63) is 78.9 Å². The predicted molar refractivity (Wildman–Crippen MR) is 118 cm³/mol. The van der Waals surface area contributed by atoms with E-state index < -0.39 is 0 Å². The maximum atomic E-state index is 13.7. The summed E-state index contributed by atoms with van der Waals surface area (Å²) in [5, 5.41) is 9.48. The summed E-state index contributed by atoms with van der Waals surface area (Å²) in [6, 6.07) is 17.9. The molecule has 0 bridgehead atoms. The lowest BCUT2D eigenvalue weighted by molar-refractivity contribution is 0.325. The smallest absolute Gasteiger partial charge is 0.196 e. The molecule has 0 atom stereocenters. The van der Waals surface area contributed by atoms with Crippen molar-refractivity contribution >= 4 is 11.8 Å². The SMILES string of the molecule is CCOc1ccc(-n2c(SCCOc3ccccc3F)nnc2-c2cccnc2)cc1. The summed E-state index contributed by atoms with van der Waals surface area (Å²) < 4.78 is 26.8. The minimum Gasteiger partial charge on any atom is -0.494 e. The van der Waals surface area contributed by atoms with Gasteiger partial charge in [0, 0.05) is 29.4 Å². The molecule has 2 aromatic heterocycles. The summed E-state index contributed by atoms with van der Waals surface area (Å²) in [7, 11) is 0. The predicted octanol–water partition coefficient (Wildman–Crippen LogP) is 5.04. The van der Waals surface area contributed by atoms with Crippen LogP contribution >= 0.6 is 11.8 Å². The lowest BCUT2D eigenvalue weighted by atomic mass is 10.2. The molecule has 0 amide bonds. The van der Waals surface area contributed by atoms with E-state index in [1.165, 1.54) is 17.8 Å². The van der Waals surface area contributed by atoms with Crippen LogP contribution in [0.15, 0.2) is 78.2 Å². The molecular weight excluding hydrogens is 415 g/mol. The molecule has 4 rings (SSSR count). The average molecular weight is 437 g/mol. The lowest BCUT2D eigenvalue weighted by Gasteiger charge is -2.12. The van der Waals surface area contributed by atoms with E-state index >= 15 is 0 Å². The Labute approximate surface area is 184 Å². The van der Waals surface area contributed by atoms with E-state index in [-0.39, 0.29) is 11.6 Å². The third-order valence-electron chi connectivity index (χ3n) is 4.37. The first kappa shape index (κ1) is 20.9. The van der Waals surface area contributed by atoms with Crippen LogP contribution in [0.5, 0.6) is 11.5 Å². The fourth-order valence-electron chi connectivity index (χ4n) is 2.98. The van der Waals surface area contributed by atoms with Crippen molar-refractivity contribution in [1.82, 2.24) is 19.7 Å². The second kappa shape index (κ2) is 10.1. The topological polar surface area (TPSA) is 62.1 Å². The highest BCUT2D eigenvalue weighted by atomic mass is 32.2. The van der Waals surface area contributed by atoms with Crippen LogP contribution in [0.1, 0.15) is 6.92 Å². The lowest BCUT2D eigenvalue weighted by Crippen LogP contribution is -2.04. The maximum Gasteiger partial charge on any atom is 0.196 e. The Kier molecular flexibility index (Phi) is 6.78. The highest BCUT2D eigenvalue weighted by Crippen LogP contribution is 2.28. The first-order chi connectivity index (χ1) is 15.3.